The molecule has 0 amide bonds. The highest BCUT2D eigenvalue weighted by Crippen LogP contribution is 2.23. The SMILES string of the molecule is CC(C)Cn1c(CC2CCCO2)nc2cc(C#N)ccc21. The van der Waals surface area contributed by atoms with E-state index in [4.69, 9.17) is 15.0 Å². The molecule has 1 atom stereocenters. The van der Waals surface area contributed by atoms with E-state index in [9.17, 15) is 0 Å². The molecule has 0 bridgehead atoms. The highest BCUT2D eigenvalue weighted by molar-refractivity contribution is 5.77. The van der Waals surface area contributed by atoms with Crippen molar-refractivity contribution >= 4 is 11.0 Å². The molecular formula is C17H21N3O. The molecule has 0 N–H and O–H groups in total. The first-order valence-corrected chi connectivity index (χ1v) is 7.68. The Morgan fingerprint density at radius 3 is 3.00 bits per heavy atom. The van der Waals surface area contributed by atoms with E-state index >= 15 is 0 Å². The van der Waals surface area contributed by atoms with Crippen molar-refractivity contribution in [2.24, 2.45) is 5.92 Å². The second-order valence-corrected chi connectivity index (χ2v) is 6.19. The lowest BCUT2D eigenvalue weighted by molar-refractivity contribution is 0.109. The van der Waals surface area contributed by atoms with Crippen LogP contribution in [0.1, 0.15) is 38.1 Å². The second kappa shape index (κ2) is 5.87. The van der Waals surface area contributed by atoms with Crippen LogP contribution in [-0.2, 0) is 17.7 Å². The number of aromatic nitrogens is 2. The molecule has 2 aromatic rings. The van der Waals surface area contributed by atoms with Crippen molar-refractivity contribution in [3.05, 3.63) is 29.6 Å². The minimum absolute atomic E-state index is 0.295. The zero-order valence-electron chi connectivity index (χ0n) is 12.7. The van der Waals surface area contributed by atoms with Crippen molar-refractivity contribution in [3.63, 3.8) is 0 Å². The molecule has 1 aliphatic heterocycles. The molecule has 0 radical (unpaired) electrons. The molecular weight excluding hydrogens is 262 g/mol. The van der Waals surface area contributed by atoms with Gasteiger partial charge in [-0.3, -0.25) is 0 Å². The highest BCUT2D eigenvalue weighted by Gasteiger charge is 2.20. The van der Waals surface area contributed by atoms with Crippen LogP contribution >= 0.6 is 0 Å². The summed E-state index contributed by atoms with van der Waals surface area (Å²) in [6.07, 6.45) is 3.42. The molecule has 110 valence electrons. The topological polar surface area (TPSA) is 50.8 Å². The van der Waals surface area contributed by atoms with Crippen molar-refractivity contribution < 1.29 is 4.74 Å². The van der Waals surface area contributed by atoms with E-state index in [1.165, 1.54) is 0 Å². The minimum atomic E-state index is 0.295. The third kappa shape index (κ3) is 2.93. The lowest BCUT2D eigenvalue weighted by Gasteiger charge is -2.14. The number of hydrogen-bond acceptors (Lipinski definition) is 3. The first kappa shape index (κ1) is 14.1. The molecule has 1 fully saturated rings. The van der Waals surface area contributed by atoms with E-state index in [-0.39, 0.29) is 0 Å². The molecule has 1 unspecified atom stereocenters. The van der Waals surface area contributed by atoms with Gasteiger partial charge in [-0.2, -0.15) is 5.26 Å². The zero-order valence-corrected chi connectivity index (χ0v) is 12.7. The molecule has 3 rings (SSSR count). The second-order valence-electron chi connectivity index (χ2n) is 6.19. The Hall–Kier alpha value is -1.86. The van der Waals surface area contributed by atoms with Gasteiger partial charge in [0.25, 0.3) is 0 Å². The molecule has 1 aromatic carbocycles. The highest BCUT2D eigenvalue weighted by atomic mass is 16.5. The van der Waals surface area contributed by atoms with Crippen LogP contribution in [0.5, 0.6) is 0 Å². The number of rotatable bonds is 4. The van der Waals surface area contributed by atoms with E-state index in [2.05, 4.69) is 24.5 Å². The normalized spacial score (nSPS) is 18.5. The summed E-state index contributed by atoms with van der Waals surface area (Å²) < 4.78 is 8.05. The fourth-order valence-corrected chi connectivity index (χ4v) is 2.98. The number of nitrogens with zero attached hydrogens (tertiary/aromatic N) is 3. The maximum Gasteiger partial charge on any atom is 0.112 e. The molecule has 1 aliphatic rings. The average Bonchev–Trinajstić information content (AvgIpc) is 3.07. The first-order chi connectivity index (χ1) is 10.2. The van der Waals surface area contributed by atoms with Crippen LogP contribution in [0.25, 0.3) is 11.0 Å². The lowest BCUT2D eigenvalue weighted by atomic mass is 10.1. The van der Waals surface area contributed by atoms with Gasteiger partial charge in [-0.1, -0.05) is 13.8 Å². The van der Waals surface area contributed by atoms with Crippen molar-refractivity contribution in [2.45, 2.75) is 45.8 Å². The summed E-state index contributed by atoms with van der Waals surface area (Å²) in [6.45, 7) is 6.24. The van der Waals surface area contributed by atoms with Crippen molar-refractivity contribution in [2.75, 3.05) is 6.61 Å². The van der Waals surface area contributed by atoms with Gasteiger partial charge in [0.2, 0.25) is 0 Å². The number of imidazole rings is 1. The van der Waals surface area contributed by atoms with Crippen LogP contribution in [0.15, 0.2) is 18.2 Å². The number of nitriles is 1. The predicted molar refractivity (Wildman–Crippen MR) is 82.0 cm³/mol. The zero-order chi connectivity index (χ0) is 14.8. The van der Waals surface area contributed by atoms with Crippen LogP contribution < -0.4 is 0 Å². The van der Waals surface area contributed by atoms with Gasteiger partial charge in [-0.25, -0.2) is 4.98 Å². The largest absolute Gasteiger partial charge is 0.378 e. The molecule has 4 nitrogen and oxygen atoms in total. The molecule has 0 spiro atoms. The first-order valence-electron chi connectivity index (χ1n) is 7.68. The summed E-state index contributed by atoms with van der Waals surface area (Å²) >= 11 is 0. The van der Waals surface area contributed by atoms with Gasteiger partial charge >= 0.3 is 0 Å². The summed E-state index contributed by atoms with van der Waals surface area (Å²) in [5.74, 6) is 1.64. The molecule has 21 heavy (non-hydrogen) atoms. The molecule has 4 heteroatoms. The molecule has 0 aliphatic carbocycles. The van der Waals surface area contributed by atoms with E-state index in [1.807, 2.05) is 18.2 Å². The van der Waals surface area contributed by atoms with Gasteiger partial charge in [0.1, 0.15) is 5.82 Å². The Kier molecular flexibility index (Phi) is 3.94. The predicted octanol–water partition coefficient (Wildman–Crippen LogP) is 3.29. The Bertz CT molecular complexity index is 675. The minimum Gasteiger partial charge on any atom is -0.378 e. The van der Waals surface area contributed by atoms with Crippen LogP contribution in [0.4, 0.5) is 0 Å². The summed E-state index contributed by atoms with van der Waals surface area (Å²) in [5, 5.41) is 9.04. The van der Waals surface area contributed by atoms with Crippen LogP contribution in [0, 0.1) is 17.2 Å². The van der Waals surface area contributed by atoms with E-state index in [1.54, 1.807) is 0 Å². The van der Waals surface area contributed by atoms with Gasteiger partial charge in [0.05, 0.1) is 28.8 Å². The van der Waals surface area contributed by atoms with Crippen LogP contribution in [-0.4, -0.2) is 22.3 Å². The third-order valence-corrected chi connectivity index (χ3v) is 3.94. The smallest absolute Gasteiger partial charge is 0.112 e. The quantitative estimate of drug-likeness (QED) is 0.865. The number of fused-ring (bicyclic) bond motifs is 1. The van der Waals surface area contributed by atoms with Gasteiger partial charge in [0, 0.05) is 19.6 Å². The Morgan fingerprint density at radius 2 is 2.33 bits per heavy atom. The fourth-order valence-electron chi connectivity index (χ4n) is 2.98. The number of hydrogen-bond donors (Lipinski definition) is 0. The molecule has 1 saturated heterocycles. The fraction of sp³-hybridized carbons (Fsp3) is 0.529. The summed E-state index contributed by atoms with van der Waals surface area (Å²) in [4.78, 5) is 4.77. The molecule has 0 saturated carbocycles. The summed E-state index contributed by atoms with van der Waals surface area (Å²) in [5.41, 5.74) is 2.71. The van der Waals surface area contributed by atoms with Crippen molar-refractivity contribution in [3.8, 4) is 6.07 Å². The molecule has 1 aromatic heterocycles. The third-order valence-electron chi connectivity index (χ3n) is 3.94. The van der Waals surface area contributed by atoms with Gasteiger partial charge in [-0.05, 0) is 37.0 Å². The van der Waals surface area contributed by atoms with Crippen LogP contribution in [0.2, 0.25) is 0 Å². The number of benzene rings is 1. The monoisotopic (exact) mass is 283 g/mol. The maximum absolute atomic E-state index is 9.04. The van der Waals surface area contributed by atoms with E-state index < -0.39 is 0 Å². The van der Waals surface area contributed by atoms with Gasteiger partial charge in [-0.15, -0.1) is 0 Å². The Balaban J connectivity index is 2.01. The van der Waals surface area contributed by atoms with Crippen LogP contribution in [0.3, 0.4) is 0 Å². The standard InChI is InChI=1S/C17H21N3O/c1-12(2)11-20-16-6-5-13(10-18)8-15(16)19-17(20)9-14-4-3-7-21-14/h5-6,8,12,14H,3-4,7,9,11H2,1-2H3. The average molecular weight is 283 g/mol. The molecule has 2 heterocycles. The van der Waals surface area contributed by atoms with Gasteiger partial charge < -0.3 is 9.30 Å². The van der Waals surface area contributed by atoms with Gasteiger partial charge in [0.15, 0.2) is 0 Å². The van der Waals surface area contributed by atoms with Crippen molar-refractivity contribution in [1.82, 2.24) is 9.55 Å². The maximum atomic E-state index is 9.04. The number of ether oxygens (including phenoxy) is 1. The van der Waals surface area contributed by atoms with E-state index in [0.717, 1.165) is 49.3 Å². The summed E-state index contributed by atoms with van der Waals surface area (Å²) in [6, 6.07) is 7.96. The van der Waals surface area contributed by atoms with E-state index in [0.29, 0.717) is 17.6 Å². The lowest BCUT2D eigenvalue weighted by Crippen LogP contribution is -2.15. The Morgan fingerprint density at radius 1 is 1.48 bits per heavy atom. The summed E-state index contributed by atoms with van der Waals surface area (Å²) in [7, 11) is 0. The Labute approximate surface area is 125 Å². The van der Waals surface area contributed by atoms with Crippen molar-refractivity contribution in [1.29, 1.82) is 5.26 Å².